The largest absolute Gasteiger partial charge is 0.512 e. The van der Waals surface area contributed by atoms with E-state index >= 15 is 0 Å². The predicted molar refractivity (Wildman–Crippen MR) is 104 cm³/mol. The summed E-state index contributed by atoms with van der Waals surface area (Å²) in [5.74, 6) is 0.804. The van der Waals surface area contributed by atoms with Crippen molar-refractivity contribution in [2.24, 2.45) is 16.1 Å². The number of aliphatic imine (C=N–C) groups is 1. The number of rotatable bonds is 3. The molecule has 2 aromatic heterocycles. The summed E-state index contributed by atoms with van der Waals surface area (Å²) in [5.41, 5.74) is 8.14. The number of hydrogen-bond acceptors (Lipinski definition) is 5. The molecule has 0 atom stereocenters. The zero-order valence-corrected chi connectivity index (χ0v) is 15.0. The fourth-order valence-corrected chi connectivity index (χ4v) is 2.34. The van der Waals surface area contributed by atoms with Gasteiger partial charge in [-0.3, -0.25) is 4.98 Å². The smallest absolute Gasteiger partial charge is 0.165 e. The lowest BCUT2D eigenvalue weighted by atomic mass is 9.93. The average Bonchev–Trinajstić information content (AvgIpc) is 2.61. The molecule has 3 N–H and O–H groups in total. The van der Waals surface area contributed by atoms with Crippen molar-refractivity contribution < 1.29 is 5.11 Å². The van der Waals surface area contributed by atoms with Gasteiger partial charge >= 0.3 is 0 Å². The van der Waals surface area contributed by atoms with Gasteiger partial charge in [-0.05, 0) is 24.3 Å². The first-order valence-electron chi connectivity index (χ1n) is 8.26. The fraction of sp³-hybridized carbons (Fsp3) is 0.200. The fourth-order valence-electron chi connectivity index (χ4n) is 2.34. The van der Waals surface area contributed by atoms with E-state index in [9.17, 15) is 5.11 Å². The van der Waals surface area contributed by atoms with Crippen LogP contribution in [-0.4, -0.2) is 25.9 Å². The number of aliphatic hydroxyl groups is 1. The predicted octanol–water partition coefficient (Wildman–Crippen LogP) is 4.17. The van der Waals surface area contributed by atoms with E-state index in [-0.39, 0.29) is 11.6 Å². The molecule has 6 nitrogen and oxygen atoms in total. The molecule has 26 heavy (non-hydrogen) atoms. The van der Waals surface area contributed by atoms with Gasteiger partial charge < -0.3 is 10.8 Å². The van der Waals surface area contributed by atoms with E-state index in [1.807, 2.05) is 57.2 Å². The van der Waals surface area contributed by atoms with Crippen molar-refractivity contribution in [3.63, 3.8) is 0 Å². The molecule has 3 aromatic rings. The molecule has 0 spiro atoms. The molecule has 0 fully saturated rings. The number of nitrogens with two attached hydrogens (primary N) is 1. The van der Waals surface area contributed by atoms with Gasteiger partial charge in [-0.2, -0.15) is 0 Å². The SMILES string of the molecule is CC(C)(C)/C(O)=C/C(N)=Nc1ncnc2cc(-c3ccccn3)ccc12. The Hall–Kier alpha value is -3.28. The zero-order chi connectivity index (χ0) is 18.7. The van der Waals surface area contributed by atoms with Crippen molar-refractivity contribution in [3.8, 4) is 11.3 Å². The second-order valence-corrected chi connectivity index (χ2v) is 6.96. The van der Waals surface area contributed by atoms with Gasteiger partial charge in [-0.1, -0.05) is 32.9 Å². The Morgan fingerprint density at radius 1 is 1.12 bits per heavy atom. The molecule has 0 aliphatic carbocycles. The zero-order valence-electron chi connectivity index (χ0n) is 15.0. The summed E-state index contributed by atoms with van der Waals surface area (Å²) in [5, 5.41) is 10.8. The van der Waals surface area contributed by atoms with Crippen LogP contribution in [0.3, 0.4) is 0 Å². The first-order chi connectivity index (χ1) is 12.3. The van der Waals surface area contributed by atoms with E-state index in [0.29, 0.717) is 5.82 Å². The van der Waals surface area contributed by atoms with E-state index in [4.69, 9.17) is 5.73 Å². The minimum Gasteiger partial charge on any atom is -0.512 e. The van der Waals surface area contributed by atoms with Crippen LogP contribution in [0.4, 0.5) is 5.82 Å². The summed E-state index contributed by atoms with van der Waals surface area (Å²) in [7, 11) is 0. The van der Waals surface area contributed by atoms with E-state index < -0.39 is 5.41 Å². The van der Waals surface area contributed by atoms with E-state index in [2.05, 4.69) is 19.9 Å². The van der Waals surface area contributed by atoms with Crippen LogP contribution in [0.1, 0.15) is 20.8 Å². The molecule has 1 aromatic carbocycles. The van der Waals surface area contributed by atoms with Crippen LogP contribution in [0.5, 0.6) is 0 Å². The van der Waals surface area contributed by atoms with Gasteiger partial charge in [0.25, 0.3) is 0 Å². The Bertz CT molecular complexity index is 988. The van der Waals surface area contributed by atoms with Crippen LogP contribution >= 0.6 is 0 Å². The Morgan fingerprint density at radius 2 is 1.92 bits per heavy atom. The summed E-state index contributed by atoms with van der Waals surface area (Å²) >= 11 is 0. The summed E-state index contributed by atoms with van der Waals surface area (Å²) in [6, 6.07) is 11.6. The van der Waals surface area contributed by atoms with Crippen LogP contribution in [0.15, 0.2) is 65.7 Å². The number of aromatic nitrogens is 3. The number of amidine groups is 1. The number of hydrogen-bond donors (Lipinski definition) is 2. The summed E-state index contributed by atoms with van der Waals surface area (Å²) in [4.78, 5) is 17.2. The summed E-state index contributed by atoms with van der Waals surface area (Å²) in [6.45, 7) is 5.68. The first-order valence-corrected chi connectivity index (χ1v) is 8.26. The Balaban J connectivity index is 2.02. The van der Waals surface area contributed by atoms with Crippen molar-refractivity contribution in [3.05, 3.63) is 60.8 Å². The van der Waals surface area contributed by atoms with Crippen molar-refractivity contribution >= 4 is 22.6 Å². The number of pyridine rings is 1. The molecule has 3 rings (SSSR count). The van der Waals surface area contributed by atoms with Crippen LogP contribution in [0.2, 0.25) is 0 Å². The molecule has 0 aliphatic rings. The van der Waals surface area contributed by atoms with Gasteiger partial charge in [0.1, 0.15) is 17.9 Å². The molecule has 6 heteroatoms. The molecule has 132 valence electrons. The quantitative estimate of drug-likeness (QED) is 0.421. The highest BCUT2D eigenvalue weighted by Crippen LogP contribution is 2.27. The van der Waals surface area contributed by atoms with Crippen LogP contribution < -0.4 is 5.73 Å². The third-order valence-electron chi connectivity index (χ3n) is 3.86. The maximum atomic E-state index is 10.1. The van der Waals surface area contributed by atoms with Gasteiger partial charge in [-0.25, -0.2) is 15.0 Å². The maximum absolute atomic E-state index is 10.1. The monoisotopic (exact) mass is 347 g/mol. The Morgan fingerprint density at radius 3 is 2.62 bits per heavy atom. The molecule has 0 amide bonds. The molecule has 0 radical (unpaired) electrons. The van der Waals surface area contributed by atoms with E-state index in [0.717, 1.165) is 22.2 Å². The standard InChI is InChI=1S/C20H21N5O/c1-20(2,3)17(26)11-18(21)25-19-14-8-7-13(10-16(14)23-12-24-19)15-6-4-5-9-22-15/h4-12,26H,1-3H3,(H2,21,23,24,25)/b17-11-. The average molecular weight is 347 g/mol. The number of benzene rings is 1. The van der Waals surface area contributed by atoms with E-state index in [1.165, 1.54) is 12.4 Å². The molecule has 0 saturated carbocycles. The van der Waals surface area contributed by atoms with Crippen LogP contribution in [-0.2, 0) is 0 Å². The van der Waals surface area contributed by atoms with Crippen molar-refractivity contribution in [1.29, 1.82) is 0 Å². The van der Waals surface area contributed by atoms with E-state index in [1.54, 1.807) is 6.20 Å². The second-order valence-electron chi connectivity index (χ2n) is 6.96. The third kappa shape index (κ3) is 3.85. The molecule has 0 unspecified atom stereocenters. The number of nitrogens with zero attached hydrogens (tertiary/aromatic N) is 4. The number of aliphatic hydroxyl groups excluding tert-OH is 1. The highest BCUT2D eigenvalue weighted by molar-refractivity contribution is 5.98. The van der Waals surface area contributed by atoms with Gasteiger partial charge in [0.05, 0.1) is 11.2 Å². The van der Waals surface area contributed by atoms with Crippen molar-refractivity contribution in [1.82, 2.24) is 15.0 Å². The maximum Gasteiger partial charge on any atom is 0.165 e. The Labute approximate surface area is 152 Å². The second kappa shape index (κ2) is 6.92. The van der Waals surface area contributed by atoms with Gasteiger partial charge in [0, 0.05) is 28.6 Å². The topological polar surface area (TPSA) is 97.3 Å². The lowest BCUT2D eigenvalue weighted by molar-refractivity contribution is 0.278. The van der Waals surface area contributed by atoms with Crippen LogP contribution in [0.25, 0.3) is 22.2 Å². The van der Waals surface area contributed by atoms with Gasteiger partial charge in [0.15, 0.2) is 5.82 Å². The number of fused-ring (bicyclic) bond motifs is 1. The number of allylic oxidation sites excluding steroid dienone is 1. The van der Waals surface area contributed by atoms with Crippen molar-refractivity contribution in [2.45, 2.75) is 20.8 Å². The highest BCUT2D eigenvalue weighted by atomic mass is 16.3. The van der Waals surface area contributed by atoms with Crippen LogP contribution in [0, 0.1) is 5.41 Å². The molecule has 0 aliphatic heterocycles. The molecule has 2 heterocycles. The van der Waals surface area contributed by atoms with Crippen molar-refractivity contribution in [2.75, 3.05) is 0 Å². The lowest BCUT2D eigenvalue weighted by Gasteiger charge is -2.16. The molecule has 0 saturated heterocycles. The van der Waals surface area contributed by atoms with Gasteiger partial charge in [0.2, 0.25) is 0 Å². The normalized spacial score (nSPS) is 13.2. The molecular formula is C20H21N5O. The minimum atomic E-state index is -0.397. The lowest BCUT2D eigenvalue weighted by Crippen LogP contribution is -2.15. The molecular weight excluding hydrogens is 326 g/mol. The minimum absolute atomic E-state index is 0.162. The summed E-state index contributed by atoms with van der Waals surface area (Å²) < 4.78 is 0. The van der Waals surface area contributed by atoms with Gasteiger partial charge in [-0.15, -0.1) is 0 Å². The Kier molecular flexibility index (Phi) is 4.67. The molecule has 0 bridgehead atoms. The summed E-state index contributed by atoms with van der Waals surface area (Å²) in [6.07, 6.45) is 4.66. The highest BCUT2D eigenvalue weighted by Gasteiger charge is 2.16. The third-order valence-corrected chi connectivity index (χ3v) is 3.86. The first kappa shape index (κ1) is 17.5.